The van der Waals surface area contributed by atoms with Gasteiger partial charge in [-0.3, -0.25) is 4.68 Å². The van der Waals surface area contributed by atoms with E-state index in [0.717, 1.165) is 21.6 Å². The van der Waals surface area contributed by atoms with E-state index >= 15 is 0 Å². The van der Waals surface area contributed by atoms with Crippen molar-refractivity contribution in [2.24, 2.45) is 7.05 Å². The van der Waals surface area contributed by atoms with Crippen molar-refractivity contribution >= 4 is 17.4 Å². The van der Waals surface area contributed by atoms with Gasteiger partial charge >= 0.3 is 0 Å². The number of nitrogens with two attached hydrogens (primary N) is 1. The average Bonchev–Trinajstić information content (AvgIpc) is 2.78. The quantitative estimate of drug-likeness (QED) is 0.908. The summed E-state index contributed by atoms with van der Waals surface area (Å²) < 4.78 is 3.92. The zero-order chi connectivity index (χ0) is 12.6. The fraction of sp³-hybridized carbons (Fsp3) is 0.455. The maximum atomic E-state index is 6.07. The van der Waals surface area contributed by atoms with Gasteiger partial charge in [0.15, 0.2) is 5.16 Å². The van der Waals surface area contributed by atoms with Gasteiger partial charge in [-0.15, -0.1) is 0 Å². The van der Waals surface area contributed by atoms with Crippen LogP contribution in [-0.2, 0) is 7.05 Å². The van der Waals surface area contributed by atoms with Crippen LogP contribution >= 0.6 is 11.8 Å². The summed E-state index contributed by atoms with van der Waals surface area (Å²) in [5, 5.41) is 6.33. The SMILES string of the molecule is Cc1nn(C(C)C)c(Sc2nccn2C)c1N. The number of hydrogen-bond donors (Lipinski definition) is 1. The first kappa shape index (κ1) is 12.0. The molecule has 0 fully saturated rings. The van der Waals surface area contributed by atoms with Gasteiger partial charge in [-0.05, 0) is 32.5 Å². The Morgan fingerprint density at radius 3 is 2.65 bits per heavy atom. The Balaban J connectivity index is 2.41. The second kappa shape index (κ2) is 4.44. The Morgan fingerprint density at radius 2 is 2.12 bits per heavy atom. The average molecular weight is 251 g/mol. The Labute approximate surface area is 105 Å². The molecule has 2 heterocycles. The summed E-state index contributed by atoms with van der Waals surface area (Å²) in [5.41, 5.74) is 7.68. The van der Waals surface area contributed by atoms with E-state index in [2.05, 4.69) is 23.9 Å². The lowest BCUT2D eigenvalue weighted by Gasteiger charge is -2.10. The van der Waals surface area contributed by atoms with Crippen molar-refractivity contribution in [1.29, 1.82) is 0 Å². The van der Waals surface area contributed by atoms with Crippen molar-refractivity contribution in [1.82, 2.24) is 19.3 Å². The van der Waals surface area contributed by atoms with Crippen molar-refractivity contribution < 1.29 is 0 Å². The minimum atomic E-state index is 0.286. The third kappa shape index (κ3) is 2.17. The lowest BCUT2D eigenvalue weighted by molar-refractivity contribution is 0.490. The molecule has 0 saturated carbocycles. The summed E-state index contributed by atoms with van der Waals surface area (Å²) in [5.74, 6) is 0. The second-order valence-electron chi connectivity index (χ2n) is 4.27. The van der Waals surface area contributed by atoms with Crippen molar-refractivity contribution in [2.75, 3.05) is 5.73 Å². The third-order valence-electron chi connectivity index (χ3n) is 2.54. The summed E-state index contributed by atoms with van der Waals surface area (Å²) in [6.07, 6.45) is 3.70. The Hall–Kier alpha value is -1.43. The maximum absolute atomic E-state index is 6.07. The molecule has 2 rings (SSSR count). The number of nitrogens with zero attached hydrogens (tertiary/aromatic N) is 4. The normalized spacial score (nSPS) is 11.4. The van der Waals surface area contributed by atoms with Crippen molar-refractivity contribution in [3.63, 3.8) is 0 Å². The standard InChI is InChI=1S/C11H17N5S/c1-7(2)16-10(9(12)8(3)14-16)17-11-13-5-6-15(11)4/h5-7H,12H2,1-4H3. The van der Waals surface area contributed by atoms with Crippen LogP contribution in [0, 0.1) is 6.92 Å². The van der Waals surface area contributed by atoms with Crippen LogP contribution in [0.15, 0.2) is 22.6 Å². The van der Waals surface area contributed by atoms with Crippen molar-refractivity contribution in [3.05, 3.63) is 18.1 Å². The Morgan fingerprint density at radius 1 is 1.41 bits per heavy atom. The Kier molecular flexibility index (Phi) is 3.15. The summed E-state index contributed by atoms with van der Waals surface area (Å²) in [6, 6.07) is 0.286. The smallest absolute Gasteiger partial charge is 0.174 e. The van der Waals surface area contributed by atoms with E-state index in [0.29, 0.717) is 0 Å². The molecular weight excluding hydrogens is 234 g/mol. The van der Waals surface area contributed by atoms with Gasteiger partial charge in [-0.25, -0.2) is 4.98 Å². The van der Waals surface area contributed by atoms with Crippen LogP contribution in [0.4, 0.5) is 5.69 Å². The third-order valence-corrected chi connectivity index (χ3v) is 3.72. The van der Waals surface area contributed by atoms with Gasteiger partial charge in [-0.1, -0.05) is 0 Å². The molecule has 0 unspecified atom stereocenters. The number of hydrogen-bond acceptors (Lipinski definition) is 4. The fourth-order valence-electron chi connectivity index (χ4n) is 1.53. The molecule has 0 saturated heterocycles. The molecule has 2 aromatic rings. The molecule has 2 aromatic heterocycles. The lowest BCUT2D eigenvalue weighted by atomic mass is 10.4. The molecule has 0 aromatic carbocycles. The molecular formula is C11H17N5S. The summed E-state index contributed by atoms with van der Waals surface area (Å²) in [4.78, 5) is 4.29. The molecule has 0 aliphatic heterocycles. The molecule has 0 bridgehead atoms. The highest BCUT2D eigenvalue weighted by Crippen LogP contribution is 2.34. The van der Waals surface area contributed by atoms with Crippen LogP contribution in [0.3, 0.4) is 0 Å². The van der Waals surface area contributed by atoms with Crippen LogP contribution in [0.1, 0.15) is 25.6 Å². The number of nitrogen functional groups attached to an aromatic ring is 1. The van der Waals surface area contributed by atoms with Crippen LogP contribution < -0.4 is 5.73 Å². The number of rotatable bonds is 3. The summed E-state index contributed by atoms with van der Waals surface area (Å²) in [6.45, 7) is 6.11. The van der Waals surface area contributed by atoms with Crippen molar-refractivity contribution in [2.45, 2.75) is 37.0 Å². The molecule has 2 N–H and O–H groups in total. The number of aryl methyl sites for hydroxylation is 2. The minimum Gasteiger partial charge on any atom is -0.395 e. The van der Waals surface area contributed by atoms with Gasteiger partial charge in [-0.2, -0.15) is 5.10 Å². The van der Waals surface area contributed by atoms with E-state index in [1.54, 1.807) is 18.0 Å². The van der Waals surface area contributed by atoms with Crippen LogP contribution in [0.2, 0.25) is 0 Å². The van der Waals surface area contributed by atoms with Gasteiger partial charge in [0.1, 0.15) is 5.03 Å². The first-order valence-corrected chi connectivity index (χ1v) is 6.32. The molecule has 0 spiro atoms. The highest BCUT2D eigenvalue weighted by Gasteiger charge is 2.17. The molecule has 0 atom stereocenters. The first-order chi connectivity index (χ1) is 8.00. The van der Waals surface area contributed by atoms with Crippen LogP contribution in [0.25, 0.3) is 0 Å². The molecule has 17 heavy (non-hydrogen) atoms. The molecule has 0 amide bonds. The van der Waals surface area contributed by atoms with Gasteiger partial charge in [0.25, 0.3) is 0 Å². The number of anilines is 1. The fourth-order valence-corrected chi connectivity index (χ4v) is 2.62. The summed E-state index contributed by atoms with van der Waals surface area (Å²) >= 11 is 1.55. The van der Waals surface area contributed by atoms with E-state index in [9.17, 15) is 0 Å². The van der Waals surface area contributed by atoms with Crippen LogP contribution in [-0.4, -0.2) is 19.3 Å². The summed E-state index contributed by atoms with van der Waals surface area (Å²) in [7, 11) is 1.97. The predicted octanol–water partition coefficient (Wildman–Crippen LogP) is 2.24. The minimum absolute atomic E-state index is 0.286. The zero-order valence-corrected chi connectivity index (χ0v) is 11.3. The van der Waals surface area contributed by atoms with E-state index in [1.807, 2.05) is 29.4 Å². The number of imidazole rings is 1. The molecule has 0 radical (unpaired) electrons. The second-order valence-corrected chi connectivity index (χ2v) is 5.22. The highest BCUT2D eigenvalue weighted by molar-refractivity contribution is 7.99. The molecule has 6 heteroatoms. The Bertz CT molecular complexity index is 526. The molecule has 92 valence electrons. The van der Waals surface area contributed by atoms with Gasteiger partial charge in [0.2, 0.25) is 0 Å². The molecule has 0 aliphatic rings. The van der Waals surface area contributed by atoms with E-state index in [-0.39, 0.29) is 6.04 Å². The molecule has 5 nitrogen and oxygen atoms in total. The first-order valence-electron chi connectivity index (χ1n) is 5.50. The van der Waals surface area contributed by atoms with Gasteiger partial charge in [0, 0.05) is 25.5 Å². The van der Waals surface area contributed by atoms with E-state index < -0.39 is 0 Å². The number of aromatic nitrogens is 4. The lowest BCUT2D eigenvalue weighted by Crippen LogP contribution is -2.05. The predicted molar refractivity (Wildman–Crippen MR) is 69.1 cm³/mol. The highest BCUT2D eigenvalue weighted by atomic mass is 32.2. The largest absolute Gasteiger partial charge is 0.395 e. The topological polar surface area (TPSA) is 61.7 Å². The van der Waals surface area contributed by atoms with E-state index in [1.165, 1.54) is 0 Å². The van der Waals surface area contributed by atoms with E-state index in [4.69, 9.17) is 5.73 Å². The monoisotopic (exact) mass is 251 g/mol. The van der Waals surface area contributed by atoms with Crippen LogP contribution in [0.5, 0.6) is 0 Å². The van der Waals surface area contributed by atoms with Gasteiger partial charge < -0.3 is 10.3 Å². The maximum Gasteiger partial charge on any atom is 0.174 e. The zero-order valence-electron chi connectivity index (χ0n) is 10.5. The van der Waals surface area contributed by atoms with Crippen molar-refractivity contribution in [3.8, 4) is 0 Å². The van der Waals surface area contributed by atoms with Gasteiger partial charge in [0.05, 0.1) is 11.4 Å². The molecule has 0 aliphatic carbocycles.